The molecule has 0 aliphatic carbocycles. The van der Waals surface area contributed by atoms with Crippen molar-refractivity contribution < 1.29 is 4.79 Å². The molecule has 0 bridgehead atoms. The molecule has 1 atom stereocenters. The summed E-state index contributed by atoms with van der Waals surface area (Å²) < 4.78 is 1.84. The van der Waals surface area contributed by atoms with Gasteiger partial charge in [-0.2, -0.15) is 5.10 Å². The zero-order valence-corrected chi connectivity index (χ0v) is 11.5. The molecular formula is C12H16N4OS. The van der Waals surface area contributed by atoms with E-state index in [1.807, 2.05) is 43.0 Å². The van der Waals surface area contributed by atoms with Gasteiger partial charge in [0.25, 0.3) is 5.91 Å². The highest BCUT2D eigenvalue weighted by Crippen LogP contribution is 2.10. The first kappa shape index (κ1) is 12.8. The van der Waals surface area contributed by atoms with Crippen LogP contribution in [0.4, 0.5) is 0 Å². The minimum Gasteiger partial charge on any atom is -0.349 e. The predicted molar refractivity (Wildman–Crippen MR) is 70.9 cm³/mol. The van der Waals surface area contributed by atoms with E-state index in [2.05, 4.69) is 15.4 Å². The molecule has 5 nitrogen and oxygen atoms in total. The maximum absolute atomic E-state index is 11.8. The van der Waals surface area contributed by atoms with Crippen molar-refractivity contribution in [3.63, 3.8) is 0 Å². The van der Waals surface area contributed by atoms with Gasteiger partial charge in [-0.3, -0.25) is 4.79 Å². The van der Waals surface area contributed by atoms with Crippen LogP contribution in [0.25, 0.3) is 0 Å². The Hall–Kier alpha value is -1.69. The summed E-state index contributed by atoms with van der Waals surface area (Å²) in [5.74, 6) is 1.58. The molecule has 2 rings (SSSR count). The second kappa shape index (κ2) is 5.30. The lowest BCUT2D eigenvalue weighted by atomic mass is 10.3. The Morgan fingerprint density at radius 2 is 2.33 bits per heavy atom. The number of amides is 1. The second-order valence-electron chi connectivity index (χ2n) is 4.19. The molecular weight excluding hydrogens is 248 g/mol. The zero-order valence-electron chi connectivity index (χ0n) is 10.7. The number of aryl methyl sites for hydroxylation is 2. The van der Waals surface area contributed by atoms with Crippen molar-refractivity contribution in [2.24, 2.45) is 0 Å². The molecule has 1 N–H and O–H groups in total. The monoisotopic (exact) mass is 264 g/mol. The lowest BCUT2D eigenvalue weighted by Gasteiger charge is -2.13. The van der Waals surface area contributed by atoms with Gasteiger partial charge in [-0.05, 0) is 32.2 Å². The van der Waals surface area contributed by atoms with Crippen molar-refractivity contribution in [2.75, 3.05) is 6.54 Å². The number of rotatable bonds is 4. The first-order valence-electron chi connectivity index (χ1n) is 5.79. The molecule has 0 unspecified atom stereocenters. The average Bonchev–Trinajstić information content (AvgIpc) is 2.95. The summed E-state index contributed by atoms with van der Waals surface area (Å²) in [5, 5.41) is 9.10. The summed E-state index contributed by atoms with van der Waals surface area (Å²) in [4.78, 5) is 16.8. The van der Waals surface area contributed by atoms with Crippen molar-refractivity contribution in [3.05, 3.63) is 34.0 Å². The molecule has 0 saturated carbocycles. The van der Waals surface area contributed by atoms with Gasteiger partial charge in [0, 0.05) is 6.54 Å². The molecule has 0 radical (unpaired) electrons. The molecule has 6 heteroatoms. The second-order valence-corrected chi connectivity index (χ2v) is 5.13. The molecule has 0 saturated heterocycles. The van der Waals surface area contributed by atoms with Crippen LogP contribution in [0.5, 0.6) is 0 Å². The summed E-state index contributed by atoms with van der Waals surface area (Å²) in [6.07, 6.45) is 0. The Bertz CT molecular complexity index is 532. The number of carbonyl (C=O) groups is 1. The fourth-order valence-corrected chi connectivity index (χ4v) is 2.42. The SMILES string of the molecule is Cc1nc(C)n([C@@H](C)CNC(=O)c2cccs2)n1. The standard InChI is InChI=1S/C12H16N4OS/c1-8(16-10(3)14-9(2)15-16)7-13-12(17)11-5-4-6-18-11/h4-6,8H,7H2,1-3H3,(H,13,17)/t8-/m0/s1. The molecule has 0 aromatic carbocycles. The highest BCUT2D eigenvalue weighted by Gasteiger charge is 2.12. The molecule has 2 aromatic rings. The number of hydrogen-bond acceptors (Lipinski definition) is 4. The summed E-state index contributed by atoms with van der Waals surface area (Å²) in [5.41, 5.74) is 0. The van der Waals surface area contributed by atoms with E-state index in [0.29, 0.717) is 6.54 Å². The number of carbonyl (C=O) groups excluding carboxylic acids is 1. The van der Waals surface area contributed by atoms with Crippen LogP contribution >= 0.6 is 11.3 Å². The molecule has 0 fully saturated rings. The highest BCUT2D eigenvalue weighted by atomic mass is 32.1. The Labute approximate surface area is 110 Å². The van der Waals surface area contributed by atoms with Gasteiger partial charge in [0.05, 0.1) is 10.9 Å². The zero-order chi connectivity index (χ0) is 13.1. The van der Waals surface area contributed by atoms with Gasteiger partial charge in [-0.25, -0.2) is 9.67 Å². The van der Waals surface area contributed by atoms with Crippen LogP contribution in [-0.2, 0) is 0 Å². The van der Waals surface area contributed by atoms with Crippen LogP contribution in [0, 0.1) is 13.8 Å². The smallest absolute Gasteiger partial charge is 0.261 e. The minimum absolute atomic E-state index is 0.0358. The molecule has 0 spiro atoms. The van der Waals surface area contributed by atoms with Crippen molar-refractivity contribution in [3.8, 4) is 0 Å². The summed E-state index contributed by atoms with van der Waals surface area (Å²) in [6, 6.07) is 3.78. The number of nitrogens with zero attached hydrogens (tertiary/aromatic N) is 3. The Morgan fingerprint density at radius 1 is 1.56 bits per heavy atom. The van der Waals surface area contributed by atoms with Crippen LogP contribution in [0.15, 0.2) is 17.5 Å². The van der Waals surface area contributed by atoms with Crippen molar-refractivity contribution in [1.82, 2.24) is 20.1 Å². The molecule has 18 heavy (non-hydrogen) atoms. The largest absolute Gasteiger partial charge is 0.349 e. The number of hydrogen-bond donors (Lipinski definition) is 1. The third-order valence-corrected chi connectivity index (χ3v) is 3.50. The molecule has 2 heterocycles. The third-order valence-electron chi connectivity index (χ3n) is 2.63. The quantitative estimate of drug-likeness (QED) is 0.918. The maximum atomic E-state index is 11.8. The Balaban J connectivity index is 1.94. The fraction of sp³-hybridized carbons (Fsp3) is 0.417. The van der Waals surface area contributed by atoms with Crippen molar-refractivity contribution >= 4 is 17.2 Å². The maximum Gasteiger partial charge on any atom is 0.261 e. The van der Waals surface area contributed by atoms with Crippen LogP contribution in [0.2, 0.25) is 0 Å². The summed E-state index contributed by atoms with van der Waals surface area (Å²) >= 11 is 1.44. The Kier molecular flexibility index (Phi) is 3.76. The fourth-order valence-electron chi connectivity index (χ4n) is 1.78. The molecule has 1 amide bonds. The lowest BCUT2D eigenvalue weighted by molar-refractivity contribution is 0.0952. The average molecular weight is 264 g/mol. The first-order chi connectivity index (χ1) is 8.58. The summed E-state index contributed by atoms with van der Waals surface area (Å²) in [6.45, 7) is 6.33. The van der Waals surface area contributed by atoms with E-state index in [0.717, 1.165) is 16.5 Å². The minimum atomic E-state index is -0.0358. The number of thiophene rings is 1. The van der Waals surface area contributed by atoms with Gasteiger partial charge in [0.1, 0.15) is 11.6 Å². The Morgan fingerprint density at radius 3 is 2.89 bits per heavy atom. The number of aromatic nitrogens is 3. The lowest BCUT2D eigenvalue weighted by Crippen LogP contribution is -2.29. The topological polar surface area (TPSA) is 59.8 Å². The van der Waals surface area contributed by atoms with E-state index in [1.54, 1.807) is 0 Å². The summed E-state index contributed by atoms with van der Waals surface area (Å²) in [7, 11) is 0. The van der Waals surface area contributed by atoms with Gasteiger partial charge < -0.3 is 5.32 Å². The van der Waals surface area contributed by atoms with E-state index >= 15 is 0 Å². The molecule has 0 aliphatic heterocycles. The van der Waals surface area contributed by atoms with Gasteiger partial charge in [0.15, 0.2) is 0 Å². The van der Waals surface area contributed by atoms with E-state index < -0.39 is 0 Å². The van der Waals surface area contributed by atoms with Gasteiger partial charge >= 0.3 is 0 Å². The van der Waals surface area contributed by atoms with Gasteiger partial charge in [-0.1, -0.05) is 6.07 Å². The van der Waals surface area contributed by atoms with Gasteiger partial charge in [-0.15, -0.1) is 11.3 Å². The molecule has 96 valence electrons. The normalized spacial score (nSPS) is 12.4. The molecule has 2 aromatic heterocycles. The van der Waals surface area contributed by atoms with Crippen LogP contribution in [0.1, 0.15) is 34.3 Å². The van der Waals surface area contributed by atoms with Gasteiger partial charge in [0.2, 0.25) is 0 Å². The first-order valence-corrected chi connectivity index (χ1v) is 6.67. The van der Waals surface area contributed by atoms with Crippen molar-refractivity contribution in [1.29, 1.82) is 0 Å². The van der Waals surface area contributed by atoms with Crippen LogP contribution in [-0.4, -0.2) is 27.2 Å². The van der Waals surface area contributed by atoms with E-state index in [9.17, 15) is 4.79 Å². The van der Waals surface area contributed by atoms with Crippen molar-refractivity contribution in [2.45, 2.75) is 26.8 Å². The number of nitrogens with one attached hydrogen (secondary N) is 1. The third kappa shape index (κ3) is 2.76. The van der Waals surface area contributed by atoms with E-state index in [-0.39, 0.29) is 11.9 Å². The van der Waals surface area contributed by atoms with E-state index in [1.165, 1.54) is 11.3 Å². The highest BCUT2D eigenvalue weighted by molar-refractivity contribution is 7.12. The van der Waals surface area contributed by atoms with E-state index in [4.69, 9.17) is 0 Å². The van der Waals surface area contributed by atoms with Crippen LogP contribution < -0.4 is 5.32 Å². The molecule has 0 aliphatic rings. The predicted octanol–water partition coefficient (Wildman–Crippen LogP) is 1.95. The van der Waals surface area contributed by atoms with Crippen LogP contribution in [0.3, 0.4) is 0 Å².